The number of nitrogens with zero attached hydrogens (tertiary/aromatic N) is 7. The molecule has 1 aliphatic carbocycles. The van der Waals surface area contributed by atoms with Gasteiger partial charge in [0, 0.05) is 41.5 Å². The van der Waals surface area contributed by atoms with E-state index in [2.05, 4.69) is 24.7 Å². The van der Waals surface area contributed by atoms with Crippen LogP contribution in [0.25, 0.3) is 17.2 Å². The molecule has 1 fully saturated rings. The number of pyridine rings is 1. The number of rotatable bonds is 7. The van der Waals surface area contributed by atoms with Gasteiger partial charge in [-0.25, -0.2) is 19.0 Å². The highest BCUT2D eigenvalue weighted by atomic mass is 19.1. The Labute approximate surface area is 203 Å². The summed E-state index contributed by atoms with van der Waals surface area (Å²) in [6.45, 7) is 10.2. The van der Waals surface area contributed by atoms with Gasteiger partial charge in [0.25, 0.3) is 0 Å². The Balaban J connectivity index is 1.51. The maximum Gasteiger partial charge on any atom is 0.157 e. The zero-order valence-electron chi connectivity index (χ0n) is 20.7. The predicted octanol–water partition coefficient (Wildman–Crippen LogP) is 4.21. The van der Waals surface area contributed by atoms with Crippen molar-refractivity contribution in [1.82, 2.24) is 34.5 Å². The lowest BCUT2D eigenvalue weighted by Gasteiger charge is -2.18. The third-order valence-electron chi connectivity index (χ3n) is 6.60. The molecule has 0 atom stereocenters. The topological polar surface area (TPSA) is 94.5 Å². The van der Waals surface area contributed by atoms with Gasteiger partial charge in [0.1, 0.15) is 17.8 Å². The highest BCUT2D eigenvalue weighted by molar-refractivity contribution is 5.60. The molecule has 1 N–H and O–H groups in total. The van der Waals surface area contributed by atoms with E-state index in [0.717, 1.165) is 46.1 Å². The lowest BCUT2D eigenvalue weighted by molar-refractivity contribution is 0.0772. The summed E-state index contributed by atoms with van der Waals surface area (Å²) < 4.78 is 17.3. The Hall–Kier alpha value is -3.46. The van der Waals surface area contributed by atoms with Crippen LogP contribution in [0.3, 0.4) is 0 Å². The molecule has 35 heavy (non-hydrogen) atoms. The lowest BCUT2D eigenvalue weighted by Crippen LogP contribution is -2.18. The molecule has 0 radical (unpaired) electrons. The van der Waals surface area contributed by atoms with Crippen molar-refractivity contribution in [3.05, 3.63) is 70.4 Å². The van der Waals surface area contributed by atoms with Gasteiger partial charge < -0.3 is 5.11 Å². The molecule has 4 aromatic rings. The average molecular weight is 476 g/mol. The largest absolute Gasteiger partial charge is 0.386 e. The molecule has 0 aliphatic heterocycles. The first kappa shape index (κ1) is 23.3. The van der Waals surface area contributed by atoms with Crippen molar-refractivity contribution in [1.29, 1.82) is 0 Å². The van der Waals surface area contributed by atoms with E-state index in [9.17, 15) is 9.50 Å². The van der Waals surface area contributed by atoms with Gasteiger partial charge in [0.15, 0.2) is 5.82 Å². The second-order valence-corrected chi connectivity index (χ2v) is 9.97. The number of hydrogen-bond donors (Lipinski definition) is 1. The minimum Gasteiger partial charge on any atom is -0.386 e. The van der Waals surface area contributed by atoms with E-state index < -0.39 is 5.60 Å². The van der Waals surface area contributed by atoms with Crippen LogP contribution >= 0.6 is 0 Å². The van der Waals surface area contributed by atoms with Crippen LogP contribution in [-0.4, -0.2) is 39.6 Å². The molecule has 0 saturated heterocycles. The maximum atomic E-state index is 13.4. The van der Waals surface area contributed by atoms with Crippen LogP contribution in [0.1, 0.15) is 60.6 Å². The Kier molecular flexibility index (Phi) is 5.75. The number of aliphatic hydroxyl groups is 1. The van der Waals surface area contributed by atoms with Gasteiger partial charge in [-0.15, -0.1) is 0 Å². The van der Waals surface area contributed by atoms with Crippen molar-refractivity contribution in [2.24, 2.45) is 5.92 Å². The average Bonchev–Trinajstić information content (AvgIpc) is 3.49. The van der Waals surface area contributed by atoms with Gasteiger partial charge in [-0.05, 0) is 65.5 Å². The van der Waals surface area contributed by atoms with Crippen LogP contribution in [0.2, 0.25) is 0 Å². The quantitative estimate of drug-likeness (QED) is 0.430. The van der Waals surface area contributed by atoms with Crippen LogP contribution in [-0.2, 0) is 18.6 Å². The molecule has 0 amide bonds. The molecule has 1 aliphatic rings. The predicted molar refractivity (Wildman–Crippen MR) is 130 cm³/mol. The third kappa shape index (κ3) is 4.60. The minimum absolute atomic E-state index is 0.366. The van der Waals surface area contributed by atoms with E-state index in [1.165, 1.54) is 25.1 Å². The van der Waals surface area contributed by atoms with Crippen molar-refractivity contribution >= 4 is 0 Å². The number of aromatic nitrogens is 7. The number of hydrogen-bond acceptors (Lipinski definition) is 6. The van der Waals surface area contributed by atoms with Crippen LogP contribution in [0, 0.1) is 32.5 Å². The molecule has 4 aromatic heterocycles. The maximum absolute atomic E-state index is 13.4. The van der Waals surface area contributed by atoms with E-state index in [1.54, 1.807) is 30.9 Å². The summed E-state index contributed by atoms with van der Waals surface area (Å²) in [6.07, 6.45) is 5.76. The molecule has 1 saturated carbocycles. The smallest absolute Gasteiger partial charge is 0.157 e. The first-order valence-electron chi connectivity index (χ1n) is 11.9. The molecule has 0 bridgehead atoms. The Morgan fingerprint density at radius 3 is 2.49 bits per heavy atom. The van der Waals surface area contributed by atoms with Gasteiger partial charge >= 0.3 is 0 Å². The molecule has 182 valence electrons. The van der Waals surface area contributed by atoms with Crippen molar-refractivity contribution in [2.45, 2.75) is 66.0 Å². The molecule has 0 spiro atoms. The summed E-state index contributed by atoms with van der Waals surface area (Å²) in [7, 11) is 0. The van der Waals surface area contributed by atoms with Crippen molar-refractivity contribution in [2.75, 3.05) is 0 Å². The molecule has 8 nitrogen and oxygen atoms in total. The van der Waals surface area contributed by atoms with Gasteiger partial charge in [-0.1, -0.05) is 0 Å². The fourth-order valence-corrected chi connectivity index (χ4v) is 4.79. The first-order chi connectivity index (χ1) is 16.6. The zero-order valence-corrected chi connectivity index (χ0v) is 20.7. The molecular weight excluding hydrogens is 445 g/mol. The fourth-order valence-electron chi connectivity index (χ4n) is 4.79. The van der Waals surface area contributed by atoms with Gasteiger partial charge in [0.2, 0.25) is 0 Å². The van der Waals surface area contributed by atoms with Crippen LogP contribution in [0.4, 0.5) is 4.39 Å². The van der Waals surface area contributed by atoms with E-state index in [0.29, 0.717) is 23.9 Å². The summed E-state index contributed by atoms with van der Waals surface area (Å²) in [5.74, 6) is 0.921. The monoisotopic (exact) mass is 475 g/mol. The van der Waals surface area contributed by atoms with Gasteiger partial charge in [-0.3, -0.25) is 9.67 Å². The van der Waals surface area contributed by atoms with Crippen molar-refractivity contribution in [3.8, 4) is 17.2 Å². The number of halogens is 1. The first-order valence-corrected chi connectivity index (χ1v) is 11.9. The van der Waals surface area contributed by atoms with Gasteiger partial charge in [0.05, 0.1) is 28.9 Å². The Morgan fingerprint density at radius 2 is 1.86 bits per heavy atom. The lowest BCUT2D eigenvalue weighted by atomic mass is 9.96. The molecule has 4 heterocycles. The third-order valence-corrected chi connectivity index (χ3v) is 6.60. The van der Waals surface area contributed by atoms with E-state index in [1.807, 2.05) is 26.8 Å². The van der Waals surface area contributed by atoms with Crippen LogP contribution in [0.15, 0.2) is 30.7 Å². The SMILES string of the molecule is Cc1nn(-c2cc(Cc3c(C)c(-c4ccc(F)cn4)nn3CC3CC3)ncn2)c(C)c1C(C)(C)O. The summed E-state index contributed by atoms with van der Waals surface area (Å²) in [4.78, 5) is 13.2. The second-order valence-electron chi connectivity index (χ2n) is 9.97. The van der Waals surface area contributed by atoms with E-state index in [4.69, 9.17) is 5.10 Å². The fraction of sp³-hybridized carbons (Fsp3) is 0.423. The highest BCUT2D eigenvalue weighted by Gasteiger charge is 2.27. The van der Waals surface area contributed by atoms with Crippen molar-refractivity contribution in [3.63, 3.8) is 0 Å². The van der Waals surface area contributed by atoms with Gasteiger partial charge in [-0.2, -0.15) is 10.2 Å². The minimum atomic E-state index is -1.00. The molecule has 0 unspecified atom stereocenters. The zero-order chi connectivity index (χ0) is 24.9. The van der Waals surface area contributed by atoms with Crippen LogP contribution < -0.4 is 0 Å². The Bertz CT molecular complexity index is 1380. The molecule has 0 aromatic carbocycles. The normalized spacial score (nSPS) is 14.0. The molecule has 9 heteroatoms. The number of aryl methyl sites for hydroxylation is 1. The summed E-state index contributed by atoms with van der Waals surface area (Å²) in [5.41, 5.74) is 5.75. The molecule has 5 rings (SSSR count). The van der Waals surface area contributed by atoms with E-state index >= 15 is 0 Å². The highest BCUT2D eigenvalue weighted by Crippen LogP contribution is 2.33. The van der Waals surface area contributed by atoms with Crippen molar-refractivity contribution < 1.29 is 9.50 Å². The summed E-state index contributed by atoms with van der Waals surface area (Å²) in [5, 5.41) is 20.1. The van der Waals surface area contributed by atoms with Crippen LogP contribution in [0.5, 0.6) is 0 Å². The van der Waals surface area contributed by atoms with E-state index in [-0.39, 0.29) is 5.82 Å². The molecular formula is C26H30FN7O. The summed E-state index contributed by atoms with van der Waals surface area (Å²) >= 11 is 0. The standard InChI is InChI=1S/C26H30FN7O/c1-15-22(33(13-18-6-7-18)32-25(15)21-9-8-19(27)12-28-21)10-20-11-23(30-14-29-20)34-17(3)24(16(2)31-34)26(4,5)35/h8-9,11-12,14,18,35H,6-7,10,13H2,1-5H3. The summed E-state index contributed by atoms with van der Waals surface area (Å²) in [6, 6.07) is 5.01. The second kappa shape index (κ2) is 8.64. The Morgan fingerprint density at radius 1 is 1.09 bits per heavy atom.